The molecule has 0 spiro atoms. The van der Waals surface area contributed by atoms with Crippen molar-refractivity contribution in [2.75, 3.05) is 0 Å². The fourth-order valence-corrected chi connectivity index (χ4v) is 5.38. The van der Waals surface area contributed by atoms with Crippen LogP contribution in [0.2, 0.25) is 0 Å². The number of carboxylic acid groups (broad SMARTS) is 1. The van der Waals surface area contributed by atoms with Crippen LogP contribution in [0, 0.1) is 22.7 Å². The molecule has 1 unspecified atom stereocenters. The molecule has 1 fully saturated rings. The van der Waals surface area contributed by atoms with Gasteiger partial charge >= 0.3 is 5.97 Å². The normalized spacial score (nSPS) is 37.1. The highest BCUT2D eigenvalue weighted by molar-refractivity contribution is 5.75. The summed E-state index contributed by atoms with van der Waals surface area (Å²) in [5, 5.41) is 9.85. The summed E-state index contributed by atoms with van der Waals surface area (Å²) in [5.41, 5.74) is 2.19. The van der Waals surface area contributed by atoms with Gasteiger partial charge in [0.2, 0.25) is 0 Å². The number of rotatable bonds is 4. The molecular formula is C20H28O3. The summed E-state index contributed by atoms with van der Waals surface area (Å²) in [6.45, 7) is 6.54. The summed E-state index contributed by atoms with van der Waals surface area (Å²) in [6.07, 6.45) is 11.8. The lowest BCUT2D eigenvalue weighted by Crippen LogP contribution is -2.52. The topological polar surface area (TPSA) is 50.4 Å². The first-order valence-electron chi connectivity index (χ1n) is 8.79. The van der Waals surface area contributed by atoms with Crippen LogP contribution in [0.4, 0.5) is 0 Å². The maximum absolute atomic E-state index is 12.0. The molecule has 2 aliphatic rings. The van der Waals surface area contributed by atoms with Crippen molar-refractivity contribution in [3.8, 4) is 0 Å². The Kier molecular flexibility index (Phi) is 4.16. The van der Waals surface area contributed by atoms with Crippen molar-refractivity contribution in [2.24, 2.45) is 22.7 Å². The minimum Gasteiger partial charge on any atom is -0.481 e. The number of hydrogen-bond donors (Lipinski definition) is 1. The van der Waals surface area contributed by atoms with Crippen molar-refractivity contribution in [2.45, 2.75) is 59.3 Å². The third-order valence-electron chi connectivity index (χ3n) is 6.79. The van der Waals surface area contributed by atoms with Gasteiger partial charge in [0.25, 0.3) is 0 Å². The Labute approximate surface area is 138 Å². The number of fused-ring (bicyclic) bond motifs is 1. The maximum atomic E-state index is 12.0. The number of furan rings is 1. The van der Waals surface area contributed by atoms with E-state index >= 15 is 0 Å². The molecule has 0 radical (unpaired) electrons. The lowest BCUT2D eigenvalue weighted by molar-refractivity contribution is -0.162. The van der Waals surface area contributed by atoms with Crippen LogP contribution in [-0.2, 0) is 11.2 Å². The molecule has 0 saturated heterocycles. The van der Waals surface area contributed by atoms with E-state index in [0.29, 0.717) is 5.92 Å². The number of aliphatic carboxylic acids is 1. The van der Waals surface area contributed by atoms with Gasteiger partial charge in [-0.15, -0.1) is 0 Å². The van der Waals surface area contributed by atoms with Crippen LogP contribution < -0.4 is 0 Å². The quantitative estimate of drug-likeness (QED) is 0.788. The summed E-state index contributed by atoms with van der Waals surface area (Å²) in [7, 11) is 0. The van der Waals surface area contributed by atoms with Crippen LogP contribution in [0.1, 0.15) is 58.4 Å². The number of carbonyl (C=O) groups is 1. The van der Waals surface area contributed by atoms with Gasteiger partial charge in [-0.2, -0.15) is 0 Å². The monoisotopic (exact) mass is 316 g/mol. The van der Waals surface area contributed by atoms with Crippen LogP contribution in [0.3, 0.4) is 0 Å². The van der Waals surface area contributed by atoms with Gasteiger partial charge in [0.15, 0.2) is 0 Å². The molecule has 0 bridgehead atoms. The Morgan fingerprint density at radius 3 is 2.83 bits per heavy atom. The van der Waals surface area contributed by atoms with Crippen LogP contribution in [0.5, 0.6) is 0 Å². The van der Waals surface area contributed by atoms with Gasteiger partial charge in [0.1, 0.15) is 0 Å². The standard InChI is InChI=1S/C20H28O3/c1-14-5-8-17-19(2,10-4-11-20(17,3)18(21)22)16(14)7-6-15-9-12-23-13-15/h5,9,12-13,16-17H,4,6-8,10-11H2,1-3H3,(H,21,22)/t16-,17?,19+,20-/m0/s1. The lowest BCUT2D eigenvalue weighted by atomic mass is 9.47. The van der Waals surface area contributed by atoms with E-state index in [2.05, 4.69) is 19.9 Å². The summed E-state index contributed by atoms with van der Waals surface area (Å²) in [4.78, 5) is 12.0. The molecule has 1 N–H and O–H groups in total. The zero-order chi connectivity index (χ0) is 16.7. The number of aryl methyl sites for hydroxylation is 1. The van der Waals surface area contributed by atoms with E-state index in [1.54, 1.807) is 6.26 Å². The number of hydrogen-bond acceptors (Lipinski definition) is 2. The van der Waals surface area contributed by atoms with Gasteiger partial charge < -0.3 is 9.52 Å². The van der Waals surface area contributed by atoms with Gasteiger partial charge in [-0.25, -0.2) is 0 Å². The number of allylic oxidation sites excluding steroid dienone is 2. The molecule has 1 saturated carbocycles. The summed E-state index contributed by atoms with van der Waals surface area (Å²) in [6, 6.07) is 2.03. The number of carboxylic acids is 1. The van der Waals surface area contributed by atoms with E-state index in [9.17, 15) is 9.90 Å². The Morgan fingerprint density at radius 1 is 1.39 bits per heavy atom. The minimum absolute atomic E-state index is 0.0912. The molecule has 1 aromatic rings. The molecular weight excluding hydrogens is 288 g/mol. The first-order chi connectivity index (χ1) is 10.9. The van der Waals surface area contributed by atoms with Gasteiger partial charge in [-0.05, 0) is 74.8 Å². The second kappa shape index (κ2) is 5.85. The SMILES string of the molecule is CC1=CCC2[C@](C)(CCC[C@]2(C)C(=O)O)[C@H]1CCc1ccoc1. The largest absolute Gasteiger partial charge is 0.481 e. The fraction of sp³-hybridized carbons (Fsp3) is 0.650. The highest BCUT2D eigenvalue weighted by Gasteiger charge is 2.56. The third-order valence-corrected chi connectivity index (χ3v) is 6.79. The Balaban J connectivity index is 1.88. The minimum atomic E-state index is -0.616. The second-order valence-electron chi connectivity index (χ2n) is 8.04. The average Bonchev–Trinajstić information content (AvgIpc) is 2.99. The molecule has 0 amide bonds. The van der Waals surface area contributed by atoms with E-state index in [-0.39, 0.29) is 11.3 Å². The van der Waals surface area contributed by atoms with Gasteiger partial charge in [-0.3, -0.25) is 4.79 Å². The fourth-order valence-electron chi connectivity index (χ4n) is 5.38. The lowest BCUT2D eigenvalue weighted by Gasteiger charge is -2.56. The molecule has 3 nitrogen and oxygen atoms in total. The van der Waals surface area contributed by atoms with Gasteiger partial charge in [0.05, 0.1) is 17.9 Å². The highest BCUT2D eigenvalue weighted by Crippen LogP contribution is 2.60. The average molecular weight is 316 g/mol. The maximum Gasteiger partial charge on any atom is 0.309 e. The molecule has 3 heteroatoms. The van der Waals surface area contributed by atoms with Crippen molar-refractivity contribution in [3.63, 3.8) is 0 Å². The van der Waals surface area contributed by atoms with E-state index in [1.165, 1.54) is 11.1 Å². The van der Waals surface area contributed by atoms with Gasteiger partial charge in [0, 0.05) is 0 Å². The van der Waals surface area contributed by atoms with Gasteiger partial charge in [-0.1, -0.05) is 25.0 Å². The summed E-state index contributed by atoms with van der Waals surface area (Å²) < 4.78 is 5.19. The molecule has 4 atom stereocenters. The Morgan fingerprint density at radius 2 is 2.17 bits per heavy atom. The first-order valence-corrected chi connectivity index (χ1v) is 8.79. The summed E-state index contributed by atoms with van der Waals surface area (Å²) in [5.74, 6) is 0.0874. The van der Waals surface area contributed by atoms with E-state index in [1.807, 2.05) is 19.3 Å². The highest BCUT2D eigenvalue weighted by atomic mass is 16.4. The third kappa shape index (κ3) is 2.64. The van der Waals surface area contributed by atoms with Crippen LogP contribution >= 0.6 is 0 Å². The van der Waals surface area contributed by atoms with E-state index in [0.717, 1.165) is 38.5 Å². The first kappa shape index (κ1) is 16.4. The molecule has 3 rings (SSSR count). The van der Waals surface area contributed by atoms with Crippen LogP contribution in [-0.4, -0.2) is 11.1 Å². The summed E-state index contributed by atoms with van der Waals surface area (Å²) >= 11 is 0. The second-order valence-corrected chi connectivity index (χ2v) is 8.04. The van der Waals surface area contributed by atoms with Crippen LogP contribution in [0.15, 0.2) is 34.7 Å². The predicted molar refractivity (Wildman–Crippen MR) is 90.1 cm³/mol. The van der Waals surface area contributed by atoms with Crippen molar-refractivity contribution < 1.29 is 14.3 Å². The van der Waals surface area contributed by atoms with Crippen molar-refractivity contribution >= 4 is 5.97 Å². The zero-order valence-corrected chi connectivity index (χ0v) is 14.5. The van der Waals surface area contributed by atoms with Crippen molar-refractivity contribution in [1.82, 2.24) is 0 Å². The molecule has 1 heterocycles. The van der Waals surface area contributed by atoms with Crippen molar-refractivity contribution in [1.29, 1.82) is 0 Å². The Hall–Kier alpha value is -1.51. The van der Waals surface area contributed by atoms with E-state index in [4.69, 9.17) is 4.42 Å². The molecule has 0 aromatic carbocycles. The zero-order valence-electron chi connectivity index (χ0n) is 14.5. The molecule has 126 valence electrons. The molecule has 23 heavy (non-hydrogen) atoms. The van der Waals surface area contributed by atoms with Crippen molar-refractivity contribution in [3.05, 3.63) is 35.8 Å². The van der Waals surface area contributed by atoms with E-state index < -0.39 is 11.4 Å². The van der Waals surface area contributed by atoms with Crippen LogP contribution in [0.25, 0.3) is 0 Å². The smallest absolute Gasteiger partial charge is 0.309 e. The molecule has 0 aliphatic heterocycles. The Bertz CT molecular complexity index is 600. The molecule has 1 aromatic heterocycles. The molecule has 2 aliphatic carbocycles. The predicted octanol–water partition coefficient (Wildman–Crippen LogP) is 5.08.